The maximum absolute atomic E-state index is 14.1. The number of amides is 2. The number of aromatic nitrogens is 4. The predicted octanol–water partition coefficient (Wildman–Crippen LogP) is 3.22. The third-order valence-electron chi connectivity index (χ3n) is 8.33. The number of fused-ring (bicyclic) bond motifs is 1. The number of hydrogen-bond acceptors (Lipinski definition) is 8. The Hall–Kier alpha value is -3.87. The van der Waals surface area contributed by atoms with E-state index >= 15 is 0 Å². The van der Waals surface area contributed by atoms with E-state index in [4.69, 9.17) is 9.47 Å². The largest absolute Gasteiger partial charge is 0.474 e. The number of morpholine rings is 1. The van der Waals surface area contributed by atoms with Gasteiger partial charge in [0.25, 0.3) is 6.43 Å². The molecular weight excluding hydrogens is 548 g/mol. The van der Waals surface area contributed by atoms with Crippen LogP contribution in [0.1, 0.15) is 44.9 Å². The minimum atomic E-state index is -2.80. The third-order valence-corrected chi connectivity index (χ3v) is 8.33. The van der Waals surface area contributed by atoms with Crippen LogP contribution in [0.5, 0.6) is 5.88 Å². The molecule has 2 saturated heterocycles. The fourth-order valence-corrected chi connectivity index (χ4v) is 6.01. The van der Waals surface area contributed by atoms with Gasteiger partial charge in [-0.15, -0.1) is 0 Å². The lowest BCUT2D eigenvalue weighted by Gasteiger charge is -2.37. The average Bonchev–Trinajstić information content (AvgIpc) is 3.42. The highest BCUT2D eigenvalue weighted by atomic mass is 19.3. The molecule has 0 unspecified atom stereocenters. The van der Waals surface area contributed by atoms with Gasteiger partial charge in [0, 0.05) is 58.2 Å². The number of carbonyl (C=O) groups is 2. The normalized spacial score (nSPS) is 21.7. The van der Waals surface area contributed by atoms with Gasteiger partial charge >= 0.3 is 0 Å². The van der Waals surface area contributed by atoms with Crippen molar-refractivity contribution in [3.63, 3.8) is 0 Å². The van der Waals surface area contributed by atoms with Crippen LogP contribution in [0.15, 0.2) is 30.3 Å². The molecular formula is C29H35F2N7O4. The second kappa shape index (κ2) is 12.2. The van der Waals surface area contributed by atoms with Crippen LogP contribution in [0.4, 0.5) is 14.7 Å². The number of alkyl halides is 2. The Labute approximate surface area is 242 Å². The molecule has 0 spiro atoms. The highest BCUT2D eigenvalue weighted by Gasteiger charge is 2.33. The first-order chi connectivity index (χ1) is 20.4. The van der Waals surface area contributed by atoms with E-state index in [1.165, 1.54) is 4.57 Å². The number of nitrogens with zero attached hydrogens (tertiary/aromatic N) is 7. The number of imidazole rings is 1. The van der Waals surface area contributed by atoms with Crippen LogP contribution in [-0.4, -0.2) is 99.7 Å². The minimum Gasteiger partial charge on any atom is -0.474 e. The quantitative estimate of drug-likeness (QED) is 0.436. The zero-order valence-corrected chi connectivity index (χ0v) is 23.6. The summed E-state index contributed by atoms with van der Waals surface area (Å²) in [5, 5.41) is 0. The number of benzene rings is 1. The van der Waals surface area contributed by atoms with Crippen LogP contribution in [0.3, 0.4) is 0 Å². The van der Waals surface area contributed by atoms with Crippen LogP contribution in [0, 0.1) is 5.92 Å². The summed E-state index contributed by atoms with van der Waals surface area (Å²) < 4.78 is 41.5. The minimum absolute atomic E-state index is 0.0380. The molecule has 11 nitrogen and oxygen atoms in total. The maximum Gasteiger partial charge on any atom is 0.296 e. The lowest BCUT2D eigenvalue weighted by Crippen LogP contribution is -2.51. The second-order valence-corrected chi connectivity index (χ2v) is 11.0. The van der Waals surface area contributed by atoms with Crippen molar-refractivity contribution < 1.29 is 27.8 Å². The van der Waals surface area contributed by atoms with E-state index in [1.807, 2.05) is 9.80 Å². The lowest BCUT2D eigenvalue weighted by molar-refractivity contribution is -0.142. The number of hydrogen-bond donors (Lipinski definition) is 0. The molecule has 3 aromatic rings. The number of para-hydroxylation sites is 2. The van der Waals surface area contributed by atoms with Gasteiger partial charge in [0.2, 0.25) is 23.6 Å². The molecule has 0 N–H and O–H groups in total. The van der Waals surface area contributed by atoms with Gasteiger partial charge in [0.1, 0.15) is 11.9 Å². The number of carbonyl (C=O) groups excluding carboxylic acids is 2. The summed E-state index contributed by atoms with van der Waals surface area (Å²) in [6.45, 7) is 5.99. The molecule has 2 aliphatic heterocycles. The van der Waals surface area contributed by atoms with Gasteiger partial charge in [-0.25, -0.2) is 13.8 Å². The van der Waals surface area contributed by atoms with E-state index in [0.29, 0.717) is 101 Å². The molecule has 0 bridgehead atoms. The van der Waals surface area contributed by atoms with Crippen LogP contribution < -0.4 is 9.64 Å². The summed E-state index contributed by atoms with van der Waals surface area (Å²) in [6, 6.07) is 8.57. The van der Waals surface area contributed by atoms with E-state index < -0.39 is 12.2 Å². The standard InChI is InChI=1S/C29H35F2N7O4/c1-19(39)35-10-12-36(13-11-35)28(40)20-6-8-21(9-7-20)42-25-18-24(33-29(34-25)37-14-16-41-17-15-37)38-23-5-3-2-4-22(23)32-27(38)26(30)31/h2-5,18,20-21,26H,6-17H2,1H3. The molecule has 0 radical (unpaired) electrons. The molecule has 1 aromatic carbocycles. The van der Waals surface area contributed by atoms with Gasteiger partial charge in [0.05, 0.1) is 24.2 Å². The number of anilines is 1. The third kappa shape index (κ3) is 5.87. The molecule has 1 saturated carbocycles. The van der Waals surface area contributed by atoms with Crippen molar-refractivity contribution in [3.05, 3.63) is 36.2 Å². The average molecular weight is 584 g/mol. The fraction of sp³-hybridized carbons (Fsp3) is 0.552. The van der Waals surface area contributed by atoms with E-state index in [9.17, 15) is 18.4 Å². The van der Waals surface area contributed by atoms with Crippen molar-refractivity contribution in [3.8, 4) is 11.7 Å². The lowest BCUT2D eigenvalue weighted by atomic mass is 9.86. The summed E-state index contributed by atoms with van der Waals surface area (Å²) in [6.07, 6.45) is -0.253. The predicted molar refractivity (Wildman–Crippen MR) is 150 cm³/mol. The Balaban J connectivity index is 1.20. The molecule has 13 heteroatoms. The summed E-state index contributed by atoms with van der Waals surface area (Å²) in [5.41, 5.74) is 0.973. The van der Waals surface area contributed by atoms with Crippen LogP contribution in [0.2, 0.25) is 0 Å². The molecule has 4 heterocycles. The van der Waals surface area contributed by atoms with E-state index in [2.05, 4.69) is 15.0 Å². The molecule has 3 fully saturated rings. The Kier molecular flexibility index (Phi) is 8.18. The maximum atomic E-state index is 14.1. The smallest absolute Gasteiger partial charge is 0.296 e. The van der Waals surface area contributed by atoms with Crippen molar-refractivity contribution in [2.24, 2.45) is 5.92 Å². The zero-order chi connectivity index (χ0) is 29.2. The second-order valence-electron chi connectivity index (χ2n) is 11.0. The van der Waals surface area contributed by atoms with Gasteiger partial charge in [-0.1, -0.05) is 12.1 Å². The van der Waals surface area contributed by atoms with Gasteiger partial charge < -0.3 is 24.2 Å². The monoisotopic (exact) mass is 583 g/mol. The first kappa shape index (κ1) is 28.3. The number of piperazine rings is 1. The van der Waals surface area contributed by atoms with Gasteiger partial charge in [-0.2, -0.15) is 9.97 Å². The number of ether oxygens (including phenoxy) is 2. The first-order valence-electron chi connectivity index (χ1n) is 14.6. The highest BCUT2D eigenvalue weighted by molar-refractivity contribution is 5.80. The van der Waals surface area contributed by atoms with Crippen molar-refractivity contribution in [1.82, 2.24) is 29.3 Å². The Bertz CT molecular complexity index is 1430. The van der Waals surface area contributed by atoms with E-state index in [0.717, 1.165) is 0 Å². The summed E-state index contributed by atoms with van der Waals surface area (Å²) in [4.78, 5) is 43.9. The molecule has 2 aromatic heterocycles. The van der Waals surface area contributed by atoms with E-state index in [1.54, 1.807) is 42.2 Å². The Morgan fingerprint density at radius 1 is 0.929 bits per heavy atom. The van der Waals surface area contributed by atoms with Gasteiger partial charge in [-0.3, -0.25) is 14.2 Å². The Morgan fingerprint density at radius 3 is 2.31 bits per heavy atom. The summed E-state index contributed by atoms with van der Waals surface area (Å²) in [7, 11) is 0. The number of rotatable bonds is 6. The molecule has 42 heavy (non-hydrogen) atoms. The van der Waals surface area contributed by atoms with Crippen LogP contribution in [0.25, 0.3) is 16.9 Å². The van der Waals surface area contributed by atoms with E-state index in [-0.39, 0.29) is 29.7 Å². The van der Waals surface area contributed by atoms with Gasteiger partial charge in [-0.05, 0) is 37.8 Å². The summed E-state index contributed by atoms with van der Waals surface area (Å²) >= 11 is 0. The molecule has 1 aliphatic carbocycles. The van der Waals surface area contributed by atoms with Crippen LogP contribution >= 0.6 is 0 Å². The number of halogens is 2. The first-order valence-corrected chi connectivity index (χ1v) is 14.6. The van der Waals surface area contributed by atoms with Crippen molar-refractivity contribution in [2.75, 3.05) is 57.4 Å². The fourth-order valence-electron chi connectivity index (χ4n) is 6.01. The molecule has 3 aliphatic rings. The SMILES string of the molecule is CC(=O)N1CCN(C(=O)C2CCC(Oc3cc(-n4c(C(F)F)nc5ccccc54)nc(N4CCOCC4)n3)CC2)CC1. The molecule has 0 atom stereocenters. The highest BCUT2D eigenvalue weighted by Crippen LogP contribution is 2.32. The topological polar surface area (TPSA) is 106 Å². The Morgan fingerprint density at radius 2 is 1.62 bits per heavy atom. The molecule has 224 valence electrons. The summed E-state index contributed by atoms with van der Waals surface area (Å²) in [5.74, 6) is 0.658. The molecule has 2 amide bonds. The van der Waals surface area contributed by atoms with Gasteiger partial charge in [0.15, 0.2) is 5.82 Å². The van der Waals surface area contributed by atoms with Crippen molar-refractivity contribution >= 4 is 28.8 Å². The van der Waals surface area contributed by atoms with Crippen LogP contribution in [-0.2, 0) is 14.3 Å². The molecule has 6 rings (SSSR count). The van der Waals surface area contributed by atoms with Crippen molar-refractivity contribution in [1.29, 1.82) is 0 Å². The zero-order valence-electron chi connectivity index (χ0n) is 23.6. The van der Waals surface area contributed by atoms with Crippen molar-refractivity contribution in [2.45, 2.75) is 45.1 Å².